The van der Waals surface area contributed by atoms with Crippen LogP contribution in [-0.4, -0.2) is 35.3 Å². The van der Waals surface area contributed by atoms with Crippen LogP contribution < -0.4 is 0 Å². The van der Waals surface area contributed by atoms with Crippen molar-refractivity contribution in [3.05, 3.63) is 0 Å². The van der Waals surface area contributed by atoms with Gasteiger partial charge in [0.1, 0.15) is 6.61 Å². The third kappa shape index (κ3) is 7.24. The highest BCUT2D eigenvalue weighted by atomic mass is 31.2. The van der Waals surface area contributed by atoms with Gasteiger partial charge in [0.05, 0.1) is 12.7 Å². The van der Waals surface area contributed by atoms with Crippen LogP contribution in [0.25, 0.3) is 0 Å². The Hall–Kier alpha value is -0.620. The average Bonchev–Trinajstić information content (AvgIpc) is 2.33. The molecular weight excluding hydrogens is 287 g/mol. The van der Waals surface area contributed by atoms with Crippen molar-refractivity contribution in [1.29, 1.82) is 0 Å². The summed E-state index contributed by atoms with van der Waals surface area (Å²) in [7, 11) is -4.52. The summed E-state index contributed by atoms with van der Waals surface area (Å²) in [4.78, 5) is 29.1. The van der Waals surface area contributed by atoms with Crippen molar-refractivity contribution in [3.63, 3.8) is 0 Å². The monoisotopic (exact) mass is 310 g/mol. The Morgan fingerprint density at radius 1 is 1.25 bits per heavy atom. The molecule has 0 amide bonds. The largest absolute Gasteiger partial charge is 0.508 e. The predicted molar refractivity (Wildman–Crippen MR) is 71.0 cm³/mol. The molecule has 0 aromatic carbocycles. The molecule has 0 radical (unpaired) electrons. The maximum atomic E-state index is 11.3. The van der Waals surface area contributed by atoms with E-state index in [1.54, 1.807) is 0 Å². The molecule has 2 N–H and O–H groups in total. The maximum absolute atomic E-state index is 11.3. The van der Waals surface area contributed by atoms with Crippen LogP contribution in [0.15, 0.2) is 0 Å². The first kappa shape index (κ1) is 17.4. The first-order valence-corrected chi connectivity index (χ1v) is 8.34. The molecule has 1 aliphatic carbocycles. The summed E-state index contributed by atoms with van der Waals surface area (Å²) in [5, 5.41) is 0. The molecule has 1 aliphatic rings. The molecule has 0 aliphatic heterocycles. The van der Waals surface area contributed by atoms with Gasteiger partial charge in [-0.3, -0.25) is 4.52 Å². The van der Waals surface area contributed by atoms with Crippen molar-refractivity contribution in [3.8, 4) is 0 Å². The molecule has 0 saturated heterocycles. The van der Waals surface area contributed by atoms with Crippen LogP contribution in [0.2, 0.25) is 0 Å². The molecule has 1 fully saturated rings. The third-order valence-electron chi connectivity index (χ3n) is 3.06. The highest BCUT2D eigenvalue weighted by Gasteiger charge is 2.32. The van der Waals surface area contributed by atoms with Crippen molar-refractivity contribution in [1.82, 2.24) is 0 Å². The van der Waals surface area contributed by atoms with E-state index in [1.165, 1.54) is 0 Å². The summed E-state index contributed by atoms with van der Waals surface area (Å²) in [6.45, 7) is 4.17. The highest BCUT2D eigenvalue weighted by molar-refractivity contribution is 7.46. The number of carbonyl (C=O) groups is 1. The van der Waals surface area contributed by atoms with Crippen molar-refractivity contribution < 1.29 is 33.1 Å². The summed E-state index contributed by atoms with van der Waals surface area (Å²) in [6, 6.07) is 0. The fraction of sp³-hybridized carbons (Fsp3) is 0.917. The van der Waals surface area contributed by atoms with Gasteiger partial charge in [-0.2, -0.15) is 0 Å². The lowest BCUT2D eigenvalue weighted by Crippen LogP contribution is -2.31. The number of ether oxygens (including phenoxy) is 2. The number of phosphoric acid groups is 1. The summed E-state index contributed by atoms with van der Waals surface area (Å²) >= 11 is 0. The average molecular weight is 310 g/mol. The molecule has 0 bridgehead atoms. The Bertz CT molecular complexity index is 352. The van der Waals surface area contributed by atoms with Crippen molar-refractivity contribution in [2.45, 2.75) is 45.6 Å². The molecule has 0 aromatic rings. The van der Waals surface area contributed by atoms with Gasteiger partial charge in [0.25, 0.3) is 0 Å². The maximum Gasteiger partial charge on any atom is 0.508 e. The van der Waals surface area contributed by atoms with E-state index in [2.05, 4.69) is 0 Å². The lowest BCUT2D eigenvalue weighted by molar-refractivity contribution is -0.00187. The standard InChI is InChI=1S/C12H23O7P/c1-9(2)7-17-12(13)18-8-10-5-3-4-6-11(10)19-20(14,15)16/h9-11H,3-8H2,1-2H3,(H2,14,15,16). The first-order valence-electron chi connectivity index (χ1n) is 6.81. The molecule has 0 heterocycles. The van der Waals surface area contributed by atoms with E-state index in [0.717, 1.165) is 12.8 Å². The van der Waals surface area contributed by atoms with Gasteiger partial charge in [0.15, 0.2) is 0 Å². The predicted octanol–water partition coefficient (Wildman–Crippen LogP) is 2.46. The summed E-state index contributed by atoms with van der Waals surface area (Å²) in [5.74, 6) is 0.0194. The molecular formula is C12H23O7P. The quantitative estimate of drug-likeness (QED) is 0.574. The van der Waals surface area contributed by atoms with Crippen LogP contribution in [0.1, 0.15) is 39.5 Å². The molecule has 0 spiro atoms. The van der Waals surface area contributed by atoms with Crippen LogP contribution in [-0.2, 0) is 18.6 Å². The van der Waals surface area contributed by atoms with Gasteiger partial charge >= 0.3 is 14.0 Å². The summed E-state index contributed by atoms with van der Waals surface area (Å²) < 4.78 is 25.5. The van der Waals surface area contributed by atoms with Crippen LogP contribution >= 0.6 is 7.82 Å². The Morgan fingerprint density at radius 2 is 1.90 bits per heavy atom. The van der Waals surface area contributed by atoms with E-state index < -0.39 is 20.1 Å². The third-order valence-corrected chi connectivity index (χ3v) is 3.61. The van der Waals surface area contributed by atoms with Gasteiger partial charge in [-0.25, -0.2) is 9.36 Å². The minimum Gasteiger partial charge on any atom is -0.434 e. The van der Waals surface area contributed by atoms with E-state index in [9.17, 15) is 9.36 Å². The highest BCUT2D eigenvalue weighted by Crippen LogP contribution is 2.42. The number of hydrogen-bond acceptors (Lipinski definition) is 5. The lowest BCUT2D eigenvalue weighted by Gasteiger charge is -2.30. The summed E-state index contributed by atoms with van der Waals surface area (Å²) in [6.07, 6.45) is 1.71. The van der Waals surface area contributed by atoms with Crippen molar-refractivity contribution in [2.24, 2.45) is 11.8 Å². The Labute approximate surface area is 118 Å². The minimum absolute atomic E-state index is 0.0571. The molecule has 1 saturated carbocycles. The Morgan fingerprint density at radius 3 is 2.50 bits per heavy atom. The minimum atomic E-state index is -4.52. The van der Waals surface area contributed by atoms with Gasteiger partial charge in [0.2, 0.25) is 0 Å². The van der Waals surface area contributed by atoms with Crippen LogP contribution in [0.3, 0.4) is 0 Å². The van der Waals surface area contributed by atoms with E-state index in [1.807, 2.05) is 13.8 Å². The molecule has 118 valence electrons. The van der Waals surface area contributed by atoms with E-state index in [4.69, 9.17) is 23.8 Å². The van der Waals surface area contributed by atoms with Gasteiger partial charge in [0, 0.05) is 5.92 Å². The zero-order valence-corrected chi connectivity index (χ0v) is 12.8. The molecule has 1 rings (SSSR count). The molecule has 2 atom stereocenters. The van der Waals surface area contributed by atoms with Crippen LogP contribution in [0, 0.1) is 11.8 Å². The van der Waals surface area contributed by atoms with E-state index in [-0.39, 0.29) is 25.0 Å². The normalized spacial score (nSPS) is 23.6. The molecule has 20 heavy (non-hydrogen) atoms. The fourth-order valence-electron chi connectivity index (χ4n) is 2.13. The molecule has 7 nitrogen and oxygen atoms in total. The molecule has 8 heteroatoms. The summed E-state index contributed by atoms with van der Waals surface area (Å²) in [5.41, 5.74) is 0. The van der Waals surface area contributed by atoms with E-state index >= 15 is 0 Å². The van der Waals surface area contributed by atoms with Crippen molar-refractivity contribution in [2.75, 3.05) is 13.2 Å². The Balaban J connectivity index is 2.39. The smallest absolute Gasteiger partial charge is 0.434 e. The SMILES string of the molecule is CC(C)COC(=O)OCC1CCCCC1OP(=O)(O)O. The topological polar surface area (TPSA) is 102 Å². The second-order valence-corrected chi connectivity index (χ2v) is 6.64. The zero-order valence-electron chi connectivity index (χ0n) is 11.9. The number of rotatable bonds is 6. The van der Waals surface area contributed by atoms with Gasteiger partial charge < -0.3 is 19.3 Å². The number of phosphoric ester groups is 1. The van der Waals surface area contributed by atoms with Crippen molar-refractivity contribution >= 4 is 14.0 Å². The van der Waals surface area contributed by atoms with E-state index in [0.29, 0.717) is 12.8 Å². The first-order chi connectivity index (χ1) is 9.28. The molecule has 0 aromatic heterocycles. The van der Waals surface area contributed by atoms with Crippen LogP contribution in [0.4, 0.5) is 4.79 Å². The van der Waals surface area contributed by atoms with Gasteiger partial charge in [-0.1, -0.05) is 26.7 Å². The molecule has 2 unspecified atom stereocenters. The van der Waals surface area contributed by atoms with Crippen LogP contribution in [0.5, 0.6) is 0 Å². The lowest BCUT2D eigenvalue weighted by atomic mass is 9.87. The van der Waals surface area contributed by atoms with Gasteiger partial charge in [-0.15, -0.1) is 0 Å². The Kier molecular flexibility index (Phi) is 6.95. The second kappa shape index (κ2) is 7.98. The van der Waals surface area contributed by atoms with Gasteiger partial charge in [-0.05, 0) is 18.8 Å². The second-order valence-electron chi connectivity index (χ2n) is 5.44. The zero-order chi connectivity index (χ0) is 15.2. The number of carbonyl (C=O) groups excluding carboxylic acids is 1. The number of hydrogen-bond donors (Lipinski definition) is 2. The fourth-order valence-corrected chi connectivity index (χ4v) is 2.76.